The summed E-state index contributed by atoms with van der Waals surface area (Å²) >= 11 is 0. The predicted molar refractivity (Wildman–Crippen MR) is 71.6 cm³/mol. The number of piperazine rings is 1. The fraction of sp³-hybridized carbons (Fsp3) is 0.286. The van der Waals surface area contributed by atoms with E-state index in [9.17, 15) is 9.59 Å². The summed E-state index contributed by atoms with van der Waals surface area (Å²) in [5.41, 5.74) is 2.01. The largest absolute Gasteiger partial charge is 0.361 e. The average molecular weight is 257 g/mol. The monoisotopic (exact) mass is 257 g/mol. The molecule has 2 heterocycles. The smallest absolute Gasteiger partial charge is 0.239 e. The minimum Gasteiger partial charge on any atom is -0.361 e. The van der Waals surface area contributed by atoms with Crippen molar-refractivity contribution in [2.45, 2.75) is 6.42 Å². The van der Waals surface area contributed by atoms with Crippen molar-refractivity contribution in [1.82, 2.24) is 15.2 Å². The molecule has 5 heteroatoms. The Morgan fingerprint density at radius 1 is 1.32 bits per heavy atom. The highest BCUT2D eigenvalue weighted by Crippen LogP contribution is 2.18. The molecule has 19 heavy (non-hydrogen) atoms. The van der Waals surface area contributed by atoms with Crippen LogP contribution in [0.2, 0.25) is 0 Å². The molecule has 2 aromatic rings. The maximum Gasteiger partial charge on any atom is 0.239 e. The van der Waals surface area contributed by atoms with E-state index in [1.807, 2.05) is 30.5 Å². The van der Waals surface area contributed by atoms with Gasteiger partial charge in [0.15, 0.2) is 0 Å². The van der Waals surface area contributed by atoms with E-state index in [1.165, 1.54) is 0 Å². The van der Waals surface area contributed by atoms with Crippen molar-refractivity contribution in [1.29, 1.82) is 0 Å². The molecular formula is C14H15N3O2. The van der Waals surface area contributed by atoms with Crippen molar-refractivity contribution in [3.8, 4) is 0 Å². The molecule has 98 valence electrons. The number of para-hydroxylation sites is 1. The third-order valence-corrected chi connectivity index (χ3v) is 3.41. The normalized spacial score (nSPS) is 15.6. The first-order valence-electron chi connectivity index (χ1n) is 6.33. The SMILES string of the molecule is O=C1CN(C(=O)Cc2c[nH]c3ccccc23)CCN1. The van der Waals surface area contributed by atoms with E-state index in [0.717, 1.165) is 16.5 Å². The van der Waals surface area contributed by atoms with E-state index in [1.54, 1.807) is 4.90 Å². The minimum absolute atomic E-state index is 0.000368. The summed E-state index contributed by atoms with van der Waals surface area (Å²) in [4.78, 5) is 28.2. The molecule has 0 atom stereocenters. The van der Waals surface area contributed by atoms with Gasteiger partial charge in [0.05, 0.1) is 13.0 Å². The molecular weight excluding hydrogens is 242 g/mol. The molecule has 0 unspecified atom stereocenters. The van der Waals surface area contributed by atoms with Crippen LogP contribution < -0.4 is 5.32 Å². The molecule has 1 saturated heterocycles. The zero-order valence-electron chi connectivity index (χ0n) is 10.5. The molecule has 0 spiro atoms. The van der Waals surface area contributed by atoms with E-state index >= 15 is 0 Å². The number of carbonyl (C=O) groups is 2. The number of rotatable bonds is 2. The summed E-state index contributed by atoms with van der Waals surface area (Å²) in [6, 6.07) is 7.90. The van der Waals surface area contributed by atoms with Gasteiger partial charge in [0, 0.05) is 30.2 Å². The van der Waals surface area contributed by atoms with Crippen LogP contribution in [-0.4, -0.2) is 41.3 Å². The summed E-state index contributed by atoms with van der Waals surface area (Å²) in [5, 5.41) is 3.78. The summed E-state index contributed by atoms with van der Waals surface area (Å²) in [6.45, 7) is 1.30. The molecule has 1 aliphatic heterocycles. The van der Waals surface area contributed by atoms with Crippen LogP contribution in [0.1, 0.15) is 5.56 Å². The van der Waals surface area contributed by atoms with Crippen LogP contribution in [0, 0.1) is 0 Å². The highest BCUT2D eigenvalue weighted by molar-refractivity contribution is 5.91. The van der Waals surface area contributed by atoms with E-state index in [-0.39, 0.29) is 18.4 Å². The Morgan fingerprint density at radius 2 is 2.16 bits per heavy atom. The van der Waals surface area contributed by atoms with Gasteiger partial charge < -0.3 is 15.2 Å². The third-order valence-electron chi connectivity index (χ3n) is 3.41. The fourth-order valence-electron chi connectivity index (χ4n) is 2.40. The number of amides is 2. The first-order valence-corrected chi connectivity index (χ1v) is 6.33. The lowest BCUT2D eigenvalue weighted by Gasteiger charge is -2.26. The zero-order valence-corrected chi connectivity index (χ0v) is 10.5. The van der Waals surface area contributed by atoms with Crippen molar-refractivity contribution < 1.29 is 9.59 Å². The van der Waals surface area contributed by atoms with Gasteiger partial charge in [-0.25, -0.2) is 0 Å². The molecule has 0 bridgehead atoms. The van der Waals surface area contributed by atoms with Gasteiger partial charge in [-0.2, -0.15) is 0 Å². The van der Waals surface area contributed by atoms with Gasteiger partial charge >= 0.3 is 0 Å². The lowest BCUT2D eigenvalue weighted by Crippen LogP contribution is -2.50. The van der Waals surface area contributed by atoms with Gasteiger partial charge in [-0.3, -0.25) is 9.59 Å². The highest BCUT2D eigenvalue weighted by Gasteiger charge is 2.21. The summed E-state index contributed by atoms with van der Waals surface area (Å²) in [7, 11) is 0. The van der Waals surface area contributed by atoms with Crippen LogP contribution in [0.15, 0.2) is 30.5 Å². The van der Waals surface area contributed by atoms with Gasteiger partial charge in [-0.15, -0.1) is 0 Å². The molecule has 2 N–H and O–H groups in total. The second-order valence-electron chi connectivity index (χ2n) is 4.70. The summed E-state index contributed by atoms with van der Waals surface area (Å²) in [6.07, 6.45) is 2.20. The fourth-order valence-corrected chi connectivity index (χ4v) is 2.40. The van der Waals surface area contributed by atoms with Crippen LogP contribution in [0.5, 0.6) is 0 Å². The second kappa shape index (κ2) is 4.76. The number of carbonyl (C=O) groups excluding carboxylic acids is 2. The molecule has 0 radical (unpaired) electrons. The lowest BCUT2D eigenvalue weighted by atomic mass is 10.1. The van der Waals surface area contributed by atoms with Gasteiger partial charge in [-0.1, -0.05) is 18.2 Å². The first kappa shape index (κ1) is 11.8. The number of aromatic nitrogens is 1. The van der Waals surface area contributed by atoms with Crippen LogP contribution in [-0.2, 0) is 16.0 Å². The van der Waals surface area contributed by atoms with Crippen molar-refractivity contribution in [3.05, 3.63) is 36.0 Å². The van der Waals surface area contributed by atoms with Crippen LogP contribution in [0.25, 0.3) is 10.9 Å². The Bertz CT molecular complexity index is 632. The summed E-state index contributed by atoms with van der Waals surface area (Å²) < 4.78 is 0. The molecule has 1 fully saturated rings. The number of benzene rings is 1. The number of aromatic amines is 1. The highest BCUT2D eigenvalue weighted by atomic mass is 16.2. The van der Waals surface area contributed by atoms with Crippen molar-refractivity contribution in [2.24, 2.45) is 0 Å². The van der Waals surface area contributed by atoms with Gasteiger partial charge in [0.1, 0.15) is 0 Å². The van der Waals surface area contributed by atoms with E-state index in [4.69, 9.17) is 0 Å². The zero-order chi connectivity index (χ0) is 13.2. The molecule has 0 aliphatic carbocycles. The predicted octanol–water partition coefficient (Wildman–Crippen LogP) is 0.669. The standard InChI is InChI=1S/C14H15N3O2/c18-13-9-17(6-5-15-13)14(19)7-10-8-16-12-4-2-1-3-11(10)12/h1-4,8,16H,5-7,9H2,(H,15,18). The molecule has 5 nitrogen and oxygen atoms in total. The minimum atomic E-state index is -0.0847. The number of hydrogen-bond acceptors (Lipinski definition) is 2. The third kappa shape index (κ3) is 2.31. The van der Waals surface area contributed by atoms with Crippen LogP contribution >= 0.6 is 0 Å². The maximum absolute atomic E-state index is 12.2. The average Bonchev–Trinajstić information content (AvgIpc) is 2.82. The molecule has 1 aliphatic rings. The number of nitrogens with zero attached hydrogens (tertiary/aromatic N) is 1. The van der Waals surface area contributed by atoms with E-state index in [2.05, 4.69) is 10.3 Å². The van der Waals surface area contributed by atoms with Gasteiger partial charge in [0.2, 0.25) is 11.8 Å². The first-order chi connectivity index (χ1) is 9.24. The van der Waals surface area contributed by atoms with Crippen molar-refractivity contribution >= 4 is 22.7 Å². The number of H-pyrrole nitrogens is 1. The van der Waals surface area contributed by atoms with Gasteiger partial charge in [0.25, 0.3) is 0 Å². The summed E-state index contributed by atoms with van der Waals surface area (Å²) in [5.74, 6) is -0.0851. The Balaban J connectivity index is 1.77. The molecule has 2 amide bonds. The van der Waals surface area contributed by atoms with E-state index < -0.39 is 0 Å². The number of hydrogen-bond donors (Lipinski definition) is 2. The molecule has 1 aromatic carbocycles. The Labute approximate surface area is 110 Å². The van der Waals surface area contributed by atoms with Crippen LogP contribution in [0.4, 0.5) is 0 Å². The number of nitrogens with one attached hydrogen (secondary N) is 2. The maximum atomic E-state index is 12.2. The molecule has 1 aromatic heterocycles. The number of fused-ring (bicyclic) bond motifs is 1. The Kier molecular flexibility index (Phi) is 2.95. The van der Waals surface area contributed by atoms with Crippen molar-refractivity contribution in [3.63, 3.8) is 0 Å². The van der Waals surface area contributed by atoms with Crippen molar-refractivity contribution in [2.75, 3.05) is 19.6 Å². The van der Waals surface area contributed by atoms with Crippen LogP contribution in [0.3, 0.4) is 0 Å². The lowest BCUT2D eigenvalue weighted by molar-refractivity contribution is -0.137. The topological polar surface area (TPSA) is 65.2 Å². The Morgan fingerprint density at radius 3 is 3.00 bits per heavy atom. The Hall–Kier alpha value is -2.30. The quantitative estimate of drug-likeness (QED) is 0.830. The van der Waals surface area contributed by atoms with Gasteiger partial charge in [-0.05, 0) is 11.6 Å². The molecule has 3 rings (SSSR count). The second-order valence-corrected chi connectivity index (χ2v) is 4.70. The van der Waals surface area contributed by atoms with E-state index in [0.29, 0.717) is 19.5 Å². The molecule has 0 saturated carbocycles.